The Kier molecular flexibility index (Phi) is 5.69. The highest BCUT2D eigenvalue weighted by Gasteiger charge is 2.35. The molecule has 4 aromatic rings. The van der Waals surface area contributed by atoms with E-state index >= 15 is 0 Å². The quantitative estimate of drug-likeness (QED) is 0.450. The third-order valence-electron chi connectivity index (χ3n) is 6.51. The molecule has 0 bridgehead atoms. The topological polar surface area (TPSA) is 66.7 Å². The van der Waals surface area contributed by atoms with E-state index in [1.165, 1.54) is 29.0 Å². The Labute approximate surface area is 201 Å². The van der Waals surface area contributed by atoms with Gasteiger partial charge in [-0.15, -0.1) is 0 Å². The highest BCUT2D eigenvalue weighted by atomic mass is 32.1. The molecule has 5 rings (SSSR count). The first-order valence-electron chi connectivity index (χ1n) is 11.2. The Balaban J connectivity index is 1.25. The molecule has 1 aliphatic rings. The fourth-order valence-electron chi connectivity index (χ4n) is 4.26. The zero-order chi connectivity index (χ0) is 24.0. The third kappa shape index (κ3) is 4.09. The number of nitrogens with one attached hydrogen (secondary N) is 1. The van der Waals surface area contributed by atoms with Crippen LogP contribution in [0.15, 0.2) is 48.7 Å². The van der Waals surface area contributed by atoms with Gasteiger partial charge in [0.1, 0.15) is 5.82 Å². The molecule has 2 aromatic heterocycles. The van der Waals surface area contributed by atoms with Gasteiger partial charge in [-0.3, -0.25) is 14.0 Å². The molecule has 8 heteroatoms. The number of carbonyl (C=O) groups is 2. The average Bonchev–Trinajstić information content (AvgIpc) is 3.49. The van der Waals surface area contributed by atoms with E-state index in [4.69, 9.17) is 0 Å². The smallest absolute Gasteiger partial charge is 0.227 e. The highest BCUT2D eigenvalue weighted by Crippen LogP contribution is 2.29. The van der Waals surface area contributed by atoms with Gasteiger partial charge in [0.15, 0.2) is 4.96 Å². The van der Waals surface area contributed by atoms with Crippen molar-refractivity contribution in [3.63, 3.8) is 0 Å². The van der Waals surface area contributed by atoms with Gasteiger partial charge in [0.25, 0.3) is 0 Å². The Morgan fingerprint density at radius 2 is 1.91 bits per heavy atom. The van der Waals surface area contributed by atoms with Crippen LogP contribution in [0.3, 0.4) is 0 Å². The first-order valence-corrected chi connectivity index (χ1v) is 12.0. The number of hydrogen-bond acceptors (Lipinski definition) is 4. The molecule has 1 atom stereocenters. The van der Waals surface area contributed by atoms with Crippen molar-refractivity contribution in [1.29, 1.82) is 0 Å². The molecule has 1 saturated heterocycles. The van der Waals surface area contributed by atoms with Crippen molar-refractivity contribution in [2.24, 2.45) is 5.92 Å². The second kappa shape index (κ2) is 8.68. The summed E-state index contributed by atoms with van der Waals surface area (Å²) >= 11 is 1.51. The van der Waals surface area contributed by atoms with E-state index in [2.05, 4.69) is 10.3 Å². The Hall–Kier alpha value is -3.52. The summed E-state index contributed by atoms with van der Waals surface area (Å²) < 4.78 is 15.2. The number of aryl methyl sites for hydroxylation is 3. The number of benzene rings is 2. The fraction of sp³-hybridized carbons (Fsp3) is 0.269. The summed E-state index contributed by atoms with van der Waals surface area (Å²) in [6.45, 7) is 6.82. The van der Waals surface area contributed by atoms with Crippen LogP contribution in [0.4, 0.5) is 10.1 Å². The van der Waals surface area contributed by atoms with Crippen LogP contribution in [-0.4, -0.2) is 27.7 Å². The van der Waals surface area contributed by atoms with E-state index in [1.807, 2.05) is 49.6 Å². The van der Waals surface area contributed by atoms with Gasteiger partial charge in [-0.2, -0.15) is 0 Å². The molecule has 0 radical (unpaired) electrons. The summed E-state index contributed by atoms with van der Waals surface area (Å²) in [6, 6.07) is 12.2. The van der Waals surface area contributed by atoms with E-state index in [9.17, 15) is 14.0 Å². The number of amides is 2. The average molecular weight is 477 g/mol. The molecule has 1 aliphatic heterocycles. The van der Waals surface area contributed by atoms with Gasteiger partial charge in [-0.1, -0.05) is 17.4 Å². The number of aromatic nitrogens is 2. The summed E-state index contributed by atoms with van der Waals surface area (Å²) in [5, 5.41) is 3.01. The Morgan fingerprint density at radius 3 is 2.62 bits per heavy atom. The van der Waals surface area contributed by atoms with E-state index < -0.39 is 0 Å². The zero-order valence-electron chi connectivity index (χ0n) is 19.3. The molecule has 1 fully saturated rings. The molecule has 0 aliphatic carbocycles. The number of thiazole rings is 1. The van der Waals surface area contributed by atoms with Crippen LogP contribution in [0.5, 0.6) is 0 Å². The van der Waals surface area contributed by atoms with Crippen molar-refractivity contribution in [3.8, 4) is 11.3 Å². The molecule has 1 unspecified atom stereocenters. The first kappa shape index (κ1) is 22.3. The minimum Gasteiger partial charge on any atom is -0.351 e. The largest absolute Gasteiger partial charge is 0.351 e. The molecule has 3 heterocycles. The van der Waals surface area contributed by atoms with Crippen LogP contribution in [-0.2, 0) is 16.1 Å². The van der Waals surface area contributed by atoms with Crippen LogP contribution in [0.1, 0.15) is 28.1 Å². The number of imidazole rings is 1. The SMILES string of the molecule is Cc1ccc(N2CC(C(=O)NCc3sc4nc(-c5ccc(F)cc5)cn4c3C)CC2=O)cc1C. The fourth-order valence-corrected chi connectivity index (χ4v) is 5.30. The maximum absolute atomic E-state index is 13.2. The number of fused-ring (bicyclic) bond motifs is 1. The van der Waals surface area contributed by atoms with E-state index in [0.29, 0.717) is 13.1 Å². The third-order valence-corrected chi connectivity index (χ3v) is 7.67. The normalized spacial score (nSPS) is 15.9. The number of anilines is 1. The summed E-state index contributed by atoms with van der Waals surface area (Å²) in [6.07, 6.45) is 2.14. The molecular formula is C26H25FN4O2S. The van der Waals surface area contributed by atoms with Crippen LogP contribution in [0.25, 0.3) is 16.2 Å². The molecule has 34 heavy (non-hydrogen) atoms. The monoisotopic (exact) mass is 476 g/mol. The van der Waals surface area contributed by atoms with E-state index in [1.54, 1.807) is 17.0 Å². The number of halogens is 1. The summed E-state index contributed by atoms with van der Waals surface area (Å²) in [5.41, 5.74) is 5.77. The van der Waals surface area contributed by atoms with Crippen LogP contribution < -0.4 is 10.2 Å². The lowest BCUT2D eigenvalue weighted by Crippen LogP contribution is -2.32. The van der Waals surface area contributed by atoms with Crippen LogP contribution in [0.2, 0.25) is 0 Å². The second-order valence-corrected chi connectivity index (χ2v) is 9.85. The summed E-state index contributed by atoms with van der Waals surface area (Å²) in [7, 11) is 0. The predicted molar refractivity (Wildman–Crippen MR) is 131 cm³/mol. The van der Waals surface area contributed by atoms with Crippen molar-refractivity contribution in [2.45, 2.75) is 33.7 Å². The van der Waals surface area contributed by atoms with Crippen LogP contribution >= 0.6 is 11.3 Å². The van der Waals surface area contributed by atoms with E-state index in [0.717, 1.165) is 38.0 Å². The molecule has 2 amide bonds. The molecule has 0 saturated carbocycles. The van der Waals surface area contributed by atoms with Gasteiger partial charge in [0.05, 0.1) is 18.2 Å². The first-order chi connectivity index (χ1) is 16.3. The molecule has 174 valence electrons. The van der Waals surface area contributed by atoms with Crippen molar-refractivity contribution >= 4 is 33.8 Å². The maximum atomic E-state index is 13.2. The van der Waals surface area contributed by atoms with Gasteiger partial charge in [-0.25, -0.2) is 9.37 Å². The lowest BCUT2D eigenvalue weighted by atomic mass is 10.1. The van der Waals surface area contributed by atoms with E-state index in [-0.39, 0.29) is 30.0 Å². The lowest BCUT2D eigenvalue weighted by Gasteiger charge is -2.18. The van der Waals surface area contributed by atoms with Gasteiger partial charge >= 0.3 is 0 Å². The minimum atomic E-state index is -0.372. The van der Waals surface area contributed by atoms with Gasteiger partial charge < -0.3 is 10.2 Å². The highest BCUT2D eigenvalue weighted by molar-refractivity contribution is 7.17. The Bertz CT molecular complexity index is 1410. The van der Waals surface area contributed by atoms with Crippen molar-refractivity contribution in [3.05, 3.63) is 76.2 Å². The molecule has 0 spiro atoms. The van der Waals surface area contributed by atoms with Crippen molar-refractivity contribution < 1.29 is 14.0 Å². The standard InChI is InChI=1S/C26H25FN4O2S/c1-15-4-9-21(10-16(15)2)31-13-19(11-24(31)32)25(33)28-12-23-17(3)30-14-22(29-26(30)34-23)18-5-7-20(27)8-6-18/h4-10,14,19H,11-13H2,1-3H3,(H,28,33). The number of hydrogen-bond donors (Lipinski definition) is 1. The molecule has 6 nitrogen and oxygen atoms in total. The number of rotatable bonds is 5. The second-order valence-electron chi connectivity index (χ2n) is 8.79. The maximum Gasteiger partial charge on any atom is 0.227 e. The van der Waals surface area contributed by atoms with Gasteiger partial charge in [0.2, 0.25) is 11.8 Å². The number of nitrogens with zero attached hydrogens (tertiary/aromatic N) is 3. The van der Waals surface area contributed by atoms with Crippen molar-refractivity contribution in [1.82, 2.24) is 14.7 Å². The molecular weight excluding hydrogens is 451 g/mol. The minimum absolute atomic E-state index is 0.0255. The van der Waals surface area contributed by atoms with Crippen molar-refractivity contribution in [2.75, 3.05) is 11.4 Å². The summed E-state index contributed by atoms with van der Waals surface area (Å²) in [5.74, 6) is -0.789. The van der Waals surface area contributed by atoms with Crippen LogP contribution in [0, 0.1) is 32.5 Å². The molecule has 1 N–H and O–H groups in total. The summed E-state index contributed by atoms with van der Waals surface area (Å²) in [4.78, 5) is 33.6. The van der Waals surface area contributed by atoms with Gasteiger partial charge in [0, 0.05) is 41.0 Å². The van der Waals surface area contributed by atoms with Gasteiger partial charge in [-0.05, 0) is 68.3 Å². The Morgan fingerprint density at radius 1 is 1.15 bits per heavy atom. The predicted octanol–water partition coefficient (Wildman–Crippen LogP) is 4.80. The number of carbonyl (C=O) groups excluding carboxylic acids is 2. The lowest BCUT2D eigenvalue weighted by molar-refractivity contribution is -0.126. The molecule has 2 aromatic carbocycles. The zero-order valence-corrected chi connectivity index (χ0v) is 20.1.